The number of nitrogens with zero attached hydrogens (tertiary/aromatic N) is 2. The van der Waals surface area contributed by atoms with Crippen molar-refractivity contribution in [1.29, 1.82) is 0 Å². The molecule has 0 amide bonds. The summed E-state index contributed by atoms with van der Waals surface area (Å²) in [6.45, 7) is 1.81. The van der Waals surface area contributed by atoms with Gasteiger partial charge in [-0.2, -0.15) is 4.31 Å². The molecule has 0 radical (unpaired) electrons. The minimum Gasteiger partial charge on any atom is -0.491 e. The summed E-state index contributed by atoms with van der Waals surface area (Å²) in [5.41, 5.74) is 7.85. The van der Waals surface area contributed by atoms with Crippen molar-refractivity contribution in [2.75, 3.05) is 39.9 Å². The number of aromatic nitrogens is 1. The molecule has 2 aromatic carbocycles. The smallest absolute Gasteiger partial charge is 0.244 e. The van der Waals surface area contributed by atoms with E-state index in [9.17, 15) is 21.9 Å². The van der Waals surface area contributed by atoms with Crippen LogP contribution < -0.4 is 20.5 Å². The van der Waals surface area contributed by atoms with Crippen LogP contribution in [0.1, 0.15) is 24.8 Å². The number of hydrogen-bond acceptors (Lipinski definition) is 10. The highest BCUT2D eigenvalue weighted by molar-refractivity contribution is 7.89. The molecule has 2 aliphatic rings. The lowest BCUT2D eigenvalue weighted by molar-refractivity contribution is -0.0312. The molecule has 3 heterocycles. The molecule has 1 aromatic heterocycles. The predicted molar refractivity (Wildman–Crippen MR) is 165 cm³/mol. The number of aliphatic hydroxyl groups is 1. The van der Waals surface area contributed by atoms with Gasteiger partial charge < -0.3 is 25.6 Å². The van der Waals surface area contributed by atoms with Gasteiger partial charge in [0.25, 0.3) is 0 Å². The molecular formula is C30H39N5O7S2. The maximum Gasteiger partial charge on any atom is 0.244 e. The van der Waals surface area contributed by atoms with Gasteiger partial charge in [0.15, 0.2) is 0 Å². The zero-order valence-corrected chi connectivity index (χ0v) is 26.2. The third-order valence-electron chi connectivity index (χ3n) is 8.19. The van der Waals surface area contributed by atoms with E-state index in [0.29, 0.717) is 51.3 Å². The fourth-order valence-corrected chi connectivity index (χ4v) is 7.76. The Hall–Kier alpha value is -2.95. The number of piperidine rings is 1. The zero-order valence-electron chi connectivity index (χ0n) is 24.6. The summed E-state index contributed by atoms with van der Waals surface area (Å²) >= 11 is 0. The van der Waals surface area contributed by atoms with Gasteiger partial charge in [0.1, 0.15) is 23.4 Å². The van der Waals surface area contributed by atoms with Crippen LogP contribution in [0.15, 0.2) is 76.8 Å². The number of nitrogens with one attached hydrogen (secondary N) is 2. The summed E-state index contributed by atoms with van der Waals surface area (Å²) in [6.07, 6.45) is 4.05. The molecule has 238 valence electrons. The molecule has 0 bridgehead atoms. The second-order valence-corrected chi connectivity index (χ2v) is 15.0. The van der Waals surface area contributed by atoms with Crippen LogP contribution in [0.5, 0.6) is 5.75 Å². The standard InChI is InChI=1S/C30H39N5O7S2/c1-32-43(37,38)28-4-2-3-27(14-28)41-21-26(36)18-34-25-15-30(42-20-25)9-11-35(12-10-30)44(39,40)29-13-24(17-33-19-29)23-7-5-22(16-31)6-8-23/h2-8,13-14,17,19,25-26,32,34,36H,9-12,15-16,18,20-21,31H2,1H3/t25-,26?/m0/s1. The summed E-state index contributed by atoms with van der Waals surface area (Å²) in [5, 5.41) is 13.8. The third-order valence-corrected chi connectivity index (χ3v) is 11.5. The predicted octanol–water partition coefficient (Wildman–Crippen LogP) is 1.46. The van der Waals surface area contributed by atoms with E-state index in [1.165, 1.54) is 29.7 Å². The van der Waals surface area contributed by atoms with Gasteiger partial charge in [0.05, 0.1) is 17.1 Å². The van der Waals surface area contributed by atoms with Crippen molar-refractivity contribution in [1.82, 2.24) is 19.3 Å². The van der Waals surface area contributed by atoms with Crippen LogP contribution in [0.3, 0.4) is 0 Å². The monoisotopic (exact) mass is 645 g/mol. The Balaban J connectivity index is 1.10. The lowest BCUT2D eigenvalue weighted by Crippen LogP contribution is -2.47. The van der Waals surface area contributed by atoms with Gasteiger partial charge in [-0.15, -0.1) is 0 Å². The molecular weight excluding hydrogens is 606 g/mol. The van der Waals surface area contributed by atoms with Crippen LogP contribution in [0, 0.1) is 0 Å². The van der Waals surface area contributed by atoms with Crippen LogP contribution in [0.2, 0.25) is 0 Å². The van der Waals surface area contributed by atoms with Crippen LogP contribution in [0.25, 0.3) is 11.1 Å². The highest BCUT2D eigenvalue weighted by Crippen LogP contribution is 2.37. The first-order valence-electron chi connectivity index (χ1n) is 14.5. The van der Waals surface area contributed by atoms with E-state index in [4.69, 9.17) is 15.2 Å². The second kappa shape index (κ2) is 13.6. The number of ether oxygens (including phenoxy) is 2. The topological polar surface area (TPSA) is 173 Å². The van der Waals surface area contributed by atoms with Gasteiger partial charge in [-0.3, -0.25) is 4.98 Å². The Kier molecular flexibility index (Phi) is 10.0. The lowest BCUT2D eigenvalue weighted by Gasteiger charge is -2.38. The van der Waals surface area contributed by atoms with E-state index in [1.54, 1.807) is 24.4 Å². The van der Waals surface area contributed by atoms with E-state index < -0.39 is 31.8 Å². The van der Waals surface area contributed by atoms with Gasteiger partial charge in [0.2, 0.25) is 20.0 Å². The number of nitrogens with two attached hydrogens (primary N) is 1. The van der Waals surface area contributed by atoms with Gasteiger partial charge in [-0.25, -0.2) is 21.6 Å². The number of pyridine rings is 1. The van der Waals surface area contributed by atoms with E-state index in [1.807, 2.05) is 24.3 Å². The van der Waals surface area contributed by atoms with E-state index in [2.05, 4.69) is 15.0 Å². The van der Waals surface area contributed by atoms with Crippen molar-refractivity contribution in [2.45, 2.75) is 53.3 Å². The maximum atomic E-state index is 13.5. The summed E-state index contributed by atoms with van der Waals surface area (Å²) in [7, 11) is -5.99. The third kappa shape index (κ3) is 7.46. The Morgan fingerprint density at radius 3 is 2.52 bits per heavy atom. The molecule has 12 nitrogen and oxygen atoms in total. The number of rotatable bonds is 12. The van der Waals surface area contributed by atoms with E-state index in [0.717, 1.165) is 16.7 Å². The molecule has 5 rings (SSSR count). The van der Waals surface area contributed by atoms with Crippen molar-refractivity contribution >= 4 is 20.0 Å². The number of aliphatic hydroxyl groups excluding tert-OH is 1. The molecule has 3 aromatic rings. The first kappa shape index (κ1) is 32.4. The SMILES string of the molecule is CNS(=O)(=O)c1cccc(OCC(O)CN[C@@H]2COC3(CCN(S(=O)(=O)c4cncc(-c5ccc(CN)cc5)c4)CC3)C2)c1. The molecule has 0 aliphatic carbocycles. The molecule has 2 aliphatic heterocycles. The first-order valence-corrected chi connectivity index (χ1v) is 17.4. The molecule has 2 atom stereocenters. The summed E-state index contributed by atoms with van der Waals surface area (Å²) < 4.78 is 66.6. The van der Waals surface area contributed by atoms with Crippen LogP contribution >= 0.6 is 0 Å². The number of sulfonamides is 2. The van der Waals surface area contributed by atoms with Gasteiger partial charge >= 0.3 is 0 Å². The Bertz CT molecular complexity index is 1640. The van der Waals surface area contributed by atoms with E-state index >= 15 is 0 Å². The molecule has 2 fully saturated rings. The molecule has 44 heavy (non-hydrogen) atoms. The Morgan fingerprint density at radius 2 is 1.82 bits per heavy atom. The van der Waals surface area contributed by atoms with Crippen molar-refractivity contribution in [3.05, 3.63) is 72.6 Å². The summed E-state index contributed by atoms with van der Waals surface area (Å²) in [4.78, 5) is 4.45. The number of benzene rings is 2. The lowest BCUT2D eigenvalue weighted by atomic mass is 9.88. The second-order valence-electron chi connectivity index (χ2n) is 11.2. The quantitative estimate of drug-likeness (QED) is 0.226. The van der Waals surface area contributed by atoms with E-state index in [-0.39, 0.29) is 29.0 Å². The minimum absolute atomic E-state index is 0.00319. The minimum atomic E-state index is -3.73. The van der Waals surface area contributed by atoms with Gasteiger partial charge in [0, 0.05) is 56.2 Å². The average Bonchev–Trinajstić information content (AvgIpc) is 3.45. The Morgan fingerprint density at radius 1 is 1.07 bits per heavy atom. The molecule has 2 saturated heterocycles. The van der Waals surface area contributed by atoms with Crippen LogP contribution in [-0.4, -0.2) is 88.9 Å². The fraction of sp³-hybridized carbons (Fsp3) is 0.433. The van der Waals surface area contributed by atoms with Gasteiger partial charge in [-0.1, -0.05) is 30.3 Å². The largest absolute Gasteiger partial charge is 0.491 e. The van der Waals surface area contributed by atoms with Crippen molar-refractivity contribution in [3.8, 4) is 16.9 Å². The highest BCUT2D eigenvalue weighted by atomic mass is 32.2. The molecule has 14 heteroatoms. The van der Waals surface area contributed by atoms with Crippen molar-refractivity contribution in [2.24, 2.45) is 5.73 Å². The maximum absolute atomic E-state index is 13.5. The highest BCUT2D eigenvalue weighted by Gasteiger charge is 2.44. The van der Waals surface area contributed by atoms with Crippen LogP contribution in [0.4, 0.5) is 0 Å². The van der Waals surface area contributed by atoms with Crippen LogP contribution in [-0.2, 0) is 31.3 Å². The first-order chi connectivity index (χ1) is 21.0. The molecule has 1 spiro atoms. The number of hydrogen-bond donors (Lipinski definition) is 4. The summed E-state index contributed by atoms with van der Waals surface area (Å²) in [5.74, 6) is 0.342. The summed E-state index contributed by atoms with van der Waals surface area (Å²) in [6, 6.07) is 15.4. The fourth-order valence-electron chi connectivity index (χ4n) is 5.56. The van der Waals surface area contributed by atoms with Gasteiger partial charge in [-0.05, 0) is 55.6 Å². The average molecular weight is 646 g/mol. The molecule has 5 N–H and O–H groups in total. The molecule has 1 unspecified atom stereocenters. The Labute approximate surface area is 258 Å². The van der Waals surface area contributed by atoms with Crippen molar-refractivity contribution in [3.63, 3.8) is 0 Å². The molecule has 0 saturated carbocycles. The normalized spacial score (nSPS) is 19.7. The van der Waals surface area contributed by atoms with Crippen molar-refractivity contribution < 1.29 is 31.4 Å². The zero-order chi connectivity index (χ0) is 31.4.